The number of nitrogens with zero attached hydrogens (tertiary/aromatic N) is 1. The maximum absolute atomic E-state index is 13.0. The second-order valence-electron chi connectivity index (χ2n) is 7.37. The van der Waals surface area contributed by atoms with Crippen LogP contribution in [-0.2, 0) is 4.79 Å². The number of fused-ring (bicyclic) bond motifs is 2. The highest BCUT2D eigenvalue weighted by atomic mass is 16.2. The van der Waals surface area contributed by atoms with Crippen LogP contribution in [0.15, 0.2) is 78.9 Å². The molecule has 1 aromatic heterocycles. The first-order chi connectivity index (χ1) is 14.7. The van der Waals surface area contributed by atoms with Crippen LogP contribution in [0.3, 0.4) is 0 Å². The predicted octanol–water partition coefficient (Wildman–Crippen LogP) is 3.64. The summed E-state index contributed by atoms with van der Waals surface area (Å²) in [6.45, 7) is 0. The molecular formula is C24H20N4O2. The second kappa shape index (κ2) is 7.48. The molecule has 3 N–H and O–H groups in total. The van der Waals surface area contributed by atoms with Gasteiger partial charge in [0.05, 0.1) is 23.5 Å². The molecule has 2 atom stereocenters. The van der Waals surface area contributed by atoms with Crippen LogP contribution < -0.4 is 10.6 Å². The fourth-order valence-corrected chi connectivity index (χ4v) is 3.95. The molecule has 6 heteroatoms. The number of para-hydroxylation sites is 2. The van der Waals surface area contributed by atoms with E-state index in [1.54, 1.807) is 6.07 Å². The zero-order valence-corrected chi connectivity index (χ0v) is 16.1. The Morgan fingerprint density at radius 1 is 0.967 bits per heavy atom. The monoisotopic (exact) mass is 396 g/mol. The van der Waals surface area contributed by atoms with E-state index in [-0.39, 0.29) is 24.3 Å². The van der Waals surface area contributed by atoms with Gasteiger partial charge in [-0.1, -0.05) is 60.7 Å². The molecule has 148 valence electrons. The molecule has 5 rings (SSSR count). The number of hydrogen-bond acceptors (Lipinski definition) is 3. The number of aromatic amines is 1. The molecular weight excluding hydrogens is 376 g/mol. The van der Waals surface area contributed by atoms with Crippen LogP contribution in [0, 0.1) is 0 Å². The summed E-state index contributed by atoms with van der Waals surface area (Å²) in [5, 5.41) is 6.00. The van der Waals surface area contributed by atoms with E-state index in [1.807, 2.05) is 72.8 Å². The lowest BCUT2D eigenvalue weighted by Crippen LogP contribution is -2.33. The first-order valence-corrected chi connectivity index (χ1v) is 9.88. The SMILES string of the molecule is O=C(CC1NC(=O)c2ccccc21)N[C@H](c1ccccc1)c1nc2ccccc2[nH]1. The molecule has 2 heterocycles. The molecule has 0 fully saturated rings. The summed E-state index contributed by atoms with van der Waals surface area (Å²) in [5.41, 5.74) is 4.19. The van der Waals surface area contributed by atoms with Gasteiger partial charge in [-0.05, 0) is 29.3 Å². The van der Waals surface area contributed by atoms with E-state index in [1.165, 1.54) is 0 Å². The molecule has 0 aliphatic carbocycles. The third kappa shape index (κ3) is 3.33. The van der Waals surface area contributed by atoms with Gasteiger partial charge in [0, 0.05) is 5.56 Å². The van der Waals surface area contributed by atoms with Crippen LogP contribution in [0.5, 0.6) is 0 Å². The first kappa shape index (κ1) is 18.1. The molecule has 30 heavy (non-hydrogen) atoms. The number of carbonyl (C=O) groups excluding carboxylic acids is 2. The van der Waals surface area contributed by atoms with Gasteiger partial charge in [0.1, 0.15) is 11.9 Å². The Kier molecular flexibility index (Phi) is 4.52. The van der Waals surface area contributed by atoms with Gasteiger partial charge in [-0.3, -0.25) is 9.59 Å². The Hall–Kier alpha value is -3.93. The Bertz CT molecular complexity index is 1200. The Morgan fingerprint density at radius 3 is 2.53 bits per heavy atom. The van der Waals surface area contributed by atoms with E-state index >= 15 is 0 Å². The van der Waals surface area contributed by atoms with E-state index in [4.69, 9.17) is 0 Å². The molecule has 1 aliphatic rings. The van der Waals surface area contributed by atoms with Crippen molar-refractivity contribution in [3.8, 4) is 0 Å². The van der Waals surface area contributed by atoms with E-state index in [9.17, 15) is 9.59 Å². The molecule has 6 nitrogen and oxygen atoms in total. The van der Waals surface area contributed by atoms with E-state index in [2.05, 4.69) is 20.6 Å². The van der Waals surface area contributed by atoms with Crippen LogP contribution in [0.2, 0.25) is 0 Å². The fourth-order valence-electron chi connectivity index (χ4n) is 3.95. The van der Waals surface area contributed by atoms with Gasteiger partial charge in [-0.2, -0.15) is 0 Å². The molecule has 2 amide bonds. The van der Waals surface area contributed by atoms with Gasteiger partial charge in [-0.15, -0.1) is 0 Å². The Balaban J connectivity index is 1.42. The molecule has 0 saturated heterocycles. The number of carbonyl (C=O) groups is 2. The zero-order chi connectivity index (χ0) is 20.5. The highest BCUT2D eigenvalue weighted by Gasteiger charge is 2.30. The highest BCUT2D eigenvalue weighted by Crippen LogP contribution is 2.28. The summed E-state index contributed by atoms with van der Waals surface area (Å²) < 4.78 is 0. The number of amides is 2. The first-order valence-electron chi connectivity index (χ1n) is 9.88. The molecule has 1 aliphatic heterocycles. The number of hydrogen-bond donors (Lipinski definition) is 3. The average molecular weight is 396 g/mol. The maximum Gasteiger partial charge on any atom is 0.252 e. The third-order valence-corrected chi connectivity index (χ3v) is 5.40. The Morgan fingerprint density at radius 2 is 1.70 bits per heavy atom. The van der Waals surface area contributed by atoms with E-state index < -0.39 is 6.04 Å². The van der Waals surface area contributed by atoms with Crippen LogP contribution >= 0.6 is 0 Å². The van der Waals surface area contributed by atoms with Crippen molar-refractivity contribution in [3.63, 3.8) is 0 Å². The van der Waals surface area contributed by atoms with Gasteiger partial charge >= 0.3 is 0 Å². The minimum atomic E-state index is -0.418. The molecule has 0 saturated carbocycles. The van der Waals surface area contributed by atoms with Crippen molar-refractivity contribution in [2.45, 2.75) is 18.5 Å². The minimum Gasteiger partial charge on any atom is -0.345 e. The number of H-pyrrole nitrogens is 1. The average Bonchev–Trinajstić information content (AvgIpc) is 3.34. The van der Waals surface area contributed by atoms with Gasteiger partial charge in [-0.25, -0.2) is 4.98 Å². The van der Waals surface area contributed by atoms with Crippen molar-refractivity contribution in [2.75, 3.05) is 0 Å². The largest absolute Gasteiger partial charge is 0.345 e. The quantitative estimate of drug-likeness (QED) is 0.481. The summed E-state index contributed by atoms with van der Waals surface area (Å²) in [4.78, 5) is 33.2. The number of rotatable bonds is 5. The van der Waals surface area contributed by atoms with Gasteiger partial charge in [0.2, 0.25) is 5.91 Å². The lowest BCUT2D eigenvalue weighted by atomic mass is 10.0. The van der Waals surface area contributed by atoms with Crippen LogP contribution in [0.25, 0.3) is 11.0 Å². The van der Waals surface area contributed by atoms with Crippen molar-refractivity contribution in [3.05, 3.63) is 101 Å². The molecule has 1 unspecified atom stereocenters. The topological polar surface area (TPSA) is 86.9 Å². The Labute approximate surface area is 173 Å². The number of nitrogens with one attached hydrogen (secondary N) is 3. The standard InChI is InChI=1S/C24H20N4O2/c29-21(14-20-16-10-4-5-11-17(16)24(30)27-20)28-22(15-8-2-1-3-9-15)23-25-18-12-6-7-13-19(18)26-23/h1-13,20,22H,14H2,(H,25,26)(H,27,30)(H,28,29)/t20?,22-/m1/s1. The van der Waals surface area contributed by atoms with Gasteiger partial charge in [0.25, 0.3) is 5.91 Å². The second-order valence-corrected chi connectivity index (χ2v) is 7.37. The van der Waals surface area contributed by atoms with Gasteiger partial charge < -0.3 is 15.6 Å². The van der Waals surface area contributed by atoms with Crippen molar-refractivity contribution < 1.29 is 9.59 Å². The van der Waals surface area contributed by atoms with Crippen molar-refractivity contribution in [1.82, 2.24) is 20.6 Å². The predicted molar refractivity (Wildman–Crippen MR) is 114 cm³/mol. The minimum absolute atomic E-state index is 0.139. The summed E-state index contributed by atoms with van der Waals surface area (Å²) in [6, 6.07) is 24.1. The molecule has 0 radical (unpaired) electrons. The third-order valence-electron chi connectivity index (χ3n) is 5.40. The van der Waals surface area contributed by atoms with Gasteiger partial charge in [0.15, 0.2) is 0 Å². The molecule has 0 bridgehead atoms. The maximum atomic E-state index is 13.0. The fraction of sp³-hybridized carbons (Fsp3) is 0.125. The van der Waals surface area contributed by atoms with Crippen molar-refractivity contribution >= 4 is 22.8 Å². The summed E-state index contributed by atoms with van der Waals surface area (Å²) in [6.07, 6.45) is 0.159. The van der Waals surface area contributed by atoms with E-state index in [0.717, 1.165) is 22.2 Å². The lowest BCUT2D eigenvalue weighted by Gasteiger charge is -2.19. The molecule has 0 spiro atoms. The number of benzene rings is 3. The molecule has 3 aromatic carbocycles. The lowest BCUT2D eigenvalue weighted by molar-refractivity contribution is -0.122. The molecule has 4 aromatic rings. The number of aromatic nitrogens is 2. The van der Waals surface area contributed by atoms with E-state index in [0.29, 0.717) is 11.4 Å². The zero-order valence-electron chi connectivity index (χ0n) is 16.1. The summed E-state index contributed by atoms with van der Waals surface area (Å²) in [7, 11) is 0. The van der Waals surface area contributed by atoms with Crippen LogP contribution in [0.1, 0.15) is 45.8 Å². The van der Waals surface area contributed by atoms with Crippen LogP contribution in [-0.4, -0.2) is 21.8 Å². The highest BCUT2D eigenvalue weighted by molar-refractivity contribution is 5.99. The van der Waals surface area contributed by atoms with Crippen molar-refractivity contribution in [2.24, 2.45) is 0 Å². The normalized spacial score (nSPS) is 16.1. The smallest absolute Gasteiger partial charge is 0.252 e. The summed E-state index contributed by atoms with van der Waals surface area (Å²) in [5.74, 6) is 0.373. The summed E-state index contributed by atoms with van der Waals surface area (Å²) >= 11 is 0. The van der Waals surface area contributed by atoms with Crippen molar-refractivity contribution in [1.29, 1.82) is 0 Å². The van der Waals surface area contributed by atoms with Crippen LogP contribution in [0.4, 0.5) is 0 Å². The number of imidazole rings is 1.